The summed E-state index contributed by atoms with van der Waals surface area (Å²) in [6, 6.07) is 0. The van der Waals surface area contributed by atoms with Gasteiger partial charge in [-0.15, -0.1) is 0 Å². The number of hydrogen-bond acceptors (Lipinski definition) is 1. The highest BCUT2D eigenvalue weighted by molar-refractivity contribution is 9.09. The topological polar surface area (TPSA) is 20.2 Å². The van der Waals surface area contributed by atoms with Crippen molar-refractivity contribution in [2.45, 2.75) is 31.2 Å². The van der Waals surface area contributed by atoms with Crippen molar-refractivity contribution in [2.24, 2.45) is 0 Å². The van der Waals surface area contributed by atoms with Gasteiger partial charge in [-0.1, -0.05) is 22.9 Å². The highest BCUT2D eigenvalue weighted by Crippen LogP contribution is 2.07. The van der Waals surface area contributed by atoms with E-state index in [0.717, 1.165) is 6.42 Å². The van der Waals surface area contributed by atoms with Crippen LogP contribution in [-0.2, 0) is 0 Å². The third-order valence-corrected chi connectivity index (χ3v) is 2.33. The molecule has 0 fully saturated rings. The molecule has 0 aromatic rings. The fraction of sp³-hybridized carbons (Fsp3) is 1.00. The summed E-state index contributed by atoms with van der Waals surface area (Å²) in [5, 5.41) is 8.77. The van der Waals surface area contributed by atoms with Gasteiger partial charge in [-0.2, -0.15) is 0 Å². The molecule has 0 amide bonds. The lowest BCUT2D eigenvalue weighted by atomic mass is 10.2. The number of hydrogen-bond donors (Lipinski definition) is 1. The van der Waals surface area contributed by atoms with Crippen LogP contribution in [0.1, 0.15) is 20.3 Å². The maximum Gasteiger partial charge on any atom is 0.0636 e. The molecule has 0 saturated heterocycles. The molecule has 2 atom stereocenters. The van der Waals surface area contributed by atoms with E-state index >= 15 is 0 Å². The first-order chi connectivity index (χ1) is 3.18. The van der Waals surface area contributed by atoms with E-state index in [9.17, 15) is 0 Å². The van der Waals surface area contributed by atoms with Crippen molar-refractivity contribution in [2.75, 3.05) is 0 Å². The van der Waals surface area contributed by atoms with Crippen molar-refractivity contribution < 1.29 is 5.11 Å². The molecule has 0 spiro atoms. The summed E-state index contributed by atoms with van der Waals surface area (Å²) >= 11 is 3.29. The van der Waals surface area contributed by atoms with Crippen LogP contribution in [-0.4, -0.2) is 16.0 Å². The Morgan fingerprint density at radius 1 is 1.71 bits per heavy atom. The Kier molecular flexibility index (Phi) is 3.66. The van der Waals surface area contributed by atoms with Crippen LogP contribution in [0, 0.1) is 0 Å². The van der Waals surface area contributed by atoms with Gasteiger partial charge >= 0.3 is 0 Å². The van der Waals surface area contributed by atoms with Gasteiger partial charge in [0.05, 0.1) is 6.10 Å². The molecule has 0 unspecified atom stereocenters. The first kappa shape index (κ1) is 7.44. The van der Waals surface area contributed by atoms with Crippen molar-refractivity contribution in [3.63, 3.8) is 0 Å². The minimum Gasteiger partial charge on any atom is -0.392 e. The Morgan fingerprint density at radius 3 is 2.14 bits per heavy atom. The van der Waals surface area contributed by atoms with E-state index in [2.05, 4.69) is 15.9 Å². The van der Waals surface area contributed by atoms with Crippen molar-refractivity contribution >= 4 is 15.9 Å². The monoisotopic (exact) mass is 166 g/mol. The van der Waals surface area contributed by atoms with Crippen LogP contribution in [0.2, 0.25) is 0 Å². The van der Waals surface area contributed by atoms with Gasteiger partial charge in [-0.05, 0) is 13.3 Å². The van der Waals surface area contributed by atoms with Crippen LogP contribution in [0.4, 0.5) is 0 Å². The predicted octanol–water partition coefficient (Wildman–Crippen LogP) is 1.54. The summed E-state index contributed by atoms with van der Waals surface area (Å²) in [6.45, 7) is 3.81. The Hall–Kier alpha value is 0.440. The van der Waals surface area contributed by atoms with E-state index in [4.69, 9.17) is 5.11 Å². The van der Waals surface area contributed by atoms with Gasteiger partial charge in [-0.25, -0.2) is 0 Å². The Morgan fingerprint density at radius 2 is 2.14 bits per heavy atom. The van der Waals surface area contributed by atoms with Gasteiger partial charge in [-0.3, -0.25) is 0 Å². The van der Waals surface area contributed by atoms with Crippen LogP contribution >= 0.6 is 15.9 Å². The molecule has 1 nitrogen and oxygen atoms in total. The second kappa shape index (κ2) is 3.44. The number of alkyl halides is 1. The van der Waals surface area contributed by atoms with E-state index in [1.54, 1.807) is 6.92 Å². The molecule has 7 heavy (non-hydrogen) atoms. The number of aliphatic hydroxyl groups excluding tert-OH is 1. The Balaban J connectivity index is 3.14. The normalized spacial score (nSPS) is 18.9. The second-order valence-electron chi connectivity index (χ2n) is 1.66. The summed E-state index contributed by atoms with van der Waals surface area (Å²) in [4.78, 5) is 0.271. The third-order valence-electron chi connectivity index (χ3n) is 0.913. The molecule has 0 aliphatic heterocycles. The van der Waals surface area contributed by atoms with E-state index in [0.29, 0.717) is 0 Å². The van der Waals surface area contributed by atoms with Crippen molar-refractivity contribution in [1.29, 1.82) is 0 Å². The maximum atomic E-state index is 8.77. The molecule has 0 radical (unpaired) electrons. The van der Waals surface area contributed by atoms with Crippen LogP contribution in [0.25, 0.3) is 0 Å². The SMILES string of the molecule is CC[C@H](Br)[C@@H](C)O. The molecule has 0 bridgehead atoms. The predicted molar refractivity (Wildman–Crippen MR) is 34.7 cm³/mol. The zero-order valence-corrected chi connectivity index (χ0v) is 6.27. The molecule has 1 N–H and O–H groups in total. The van der Waals surface area contributed by atoms with Crippen LogP contribution in [0.15, 0.2) is 0 Å². The third kappa shape index (κ3) is 3.06. The van der Waals surface area contributed by atoms with Crippen molar-refractivity contribution in [3.05, 3.63) is 0 Å². The molecule has 0 aliphatic rings. The van der Waals surface area contributed by atoms with E-state index in [1.165, 1.54) is 0 Å². The summed E-state index contributed by atoms with van der Waals surface area (Å²) in [6.07, 6.45) is 0.766. The quantitative estimate of drug-likeness (QED) is 0.618. The highest BCUT2D eigenvalue weighted by Gasteiger charge is 2.05. The number of aliphatic hydroxyl groups is 1. The standard InChI is InChI=1S/C5H11BrO/c1-3-5(6)4(2)7/h4-5,7H,3H2,1-2H3/t4-,5+/m1/s1. The minimum atomic E-state index is -0.218. The van der Waals surface area contributed by atoms with Crippen LogP contribution < -0.4 is 0 Å². The van der Waals surface area contributed by atoms with Crippen LogP contribution in [0.3, 0.4) is 0 Å². The van der Waals surface area contributed by atoms with Gasteiger partial charge in [0.25, 0.3) is 0 Å². The fourth-order valence-corrected chi connectivity index (χ4v) is 0.341. The zero-order valence-electron chi connectivity index (χ0n) is 4.69. The van der Waals surface area contributed by atoms with Crippen molar-refractivity contribution in [1.82, 2.24) is 0 Å². The lowest BCUT2D eigenvalue weighted by Gasteiger charge is -2.07. The zero-order chi connectivity index (χ0) is 5.86. The molecule has 0 rings (SSSR count). The molecule has 0 aromatic heterocycles. The maximum absolute atomic E-state index is 8.77. The van der Waals surface area contributed by atoms with Gasteiger partial charge in [0.2, 0.25) is 0 Å². The lowest BCUT2D eigenvalue weighted by Crippen LogP contribution is -2.13. The van der Waals surface area contributed by atoms with E-state index in [1.807, 2.05) is 6.92 Å². The average molecular weight is 167 g/mol. The minimum absolute atomic E-state index is 0.218. The highest BCUT2D eigenvalue weighted by atomic mass is 79.9. The average Bonchev–Trinajstić information content (AvgIpc) is 1.65. The molecular formula is C5H11BrO. The summed E-state index contributed by atoms with van der Waals surface area (Å²) in [5.74, 6) is 0. The van der Waals surface area contributed by atoms with Crippen LogP contribution in [0.5, 0.6) is 0 Å². The van der Waals surface area contributed by atoms with Gasteiger partial charge in [0, 0.05) is 4.83 Å². The largest absolute Gasteiger partial charge is 0.392 e. The smallest absolute Gasteiger partial charge is 0.0636 e. The van der Waals surface area contributed by atoms with Gasteiger partial charge < -0.3 is 5.11 Å². The Bertz CT molecular complexity index is 45.3. The fourth-order valence-electron chi connectivity index (χ4n) is 0.341. The summed E-state index contributed by atoms with van der Waals surface area (Å²) in [7, 11) is 0. The molecule has 2 heteroatoms. The number of rotatable bonds is 2. The molecule has 44 valence electrons. The molecule has 0 heterocycles. The molecule has 0 aliphatic carbocycles. The first-order valence-electron chi connectivity index (χ1n) is 2.50. The lowest BCUT2D eigenvalue weighted by molar-refractivity contribution is 0.192. The first-order valence-corrected chi connectivity index (χ1v) is 3.42. The van der Waals surface area contributed by atoms with Crippen molar-refractivity contribution in [3.8, 4) is 0 Å². The second-order valence-corrected chi connectivity index (χ2v) is 2.84. The Labute approximate surface area is 52.9 Å². The van der Waals surface area contributed by atoms with E-state index in [-0.39, 0.29) is 10.9 Å². The summed E-state index contributed by atoms with van der Waals surface area (Å²) in [5.41, 5.74) is 0. The summed E-state index contributed by atoms with van der Waals surface area (Å²) < 4.78 is 0. The molecule has 0 saturated carbocycles. The van der Waals surface area contributed by atoms with Gasteiger partial charge in [0.15, 0.2) is 0 Å². The van der Waals surface area contributed by atoms with E-state index < -0.39 is 0 Å². The van der Waals surface area contributed by atoms with Gasteiger partial charge in [0.1, 0.15) is 0 Å². The molecule has 0 aromatic carbocycles. The molecular weight excluding hydrogens is 156 g/mol. The number of halogens is 1.